The summed E-state index contributed by atoms with van der Waals surface area (Å²) in [5.74, 6) is 3.39. The number of aryl methyl sites for hydroxylation is 2. The van der Waals surface area contributed by atoms with E-state index in [0.717, 1.165) is 35.8 Å². The van der Waals surface area contributed by atoms with Crippen LogP contribution in [0.4, 0.5) is 11.6 Å². The first-order valence-electron chi connectivity index (χ1n) is 9.25. The van der Waals surface area contributed by atoms with Gasteiger partial charge >= 0.3 is 0 Å². The van der Waals surface area contributed by atoms with E-state index in [1.54, 1.807) is 0 Å². The zero-order valence-electron chi connectivity index (χ0n) is 16.1. The summed E-state index contributed by atoms with van der Waals surface area (Å²) in [4.78, 5) is 27.8. The number of nitrogens with zero attached hydrogens (tertiary/aromatic N) is 5. The number of imidazole rings is 1. The van der Waals surface area contributed by atoms with Gasteiger partial charge in [0.15, 0.2) is 0 Å². The maximum atomic E-state index is 12.0. The van der Waals surface area contributed by atoms with Crippen molar-refractivity contribution in [2.75, 3.05) is 23.3 Å². The molecule has 1 aliphatic heterocycles. The predicted molar refractivity (Wildman–Crippen MR) is 106 cm³/mol. The van der Waals surface area contributed by atoms with Crippen LogP contribution in [0.5, 0.6) is 0 Å². The summed E-state index contributed by atoms with van der Waals surface area (Å²) in [7, 11) is 2.07. The predicted octanol–water partition coefficient (Wildman–Crippen LogP) is 2.87. The Morgan fingerprint density at radius 1 is 1.19 bits per heavy atom. The first kappa shape index (κ1) is 17.5. The molecule has 27 heavy (non-hydrogen) atoms. The van der Waals surface area contributed by atoms with Crippen LogP contribution in [0.15, 0.2) is 30.3 Å². The fourth-order valence-corrected chi connectivity index (χ4v) is 3.41. The van der Waals surface area contributed by atoms with Crippen molar-refractivity contribution in [1.82, 2.24) is 19.5 Å². The zero-order chi connectivity index (χ0) is 19.1. The normalized spacial score (nSPS) is 14.6. The van der Waals surface area contributed by atoms with Crippen molar-refractivity contribution in [2.24, 2.45) is 13.0 Å². The largest absolute Gasteiger partial charge is 0.355 e. The quantitative estimate of drug-likeness (QED) is 0.770. The molecule has 1 amide bonds. The number of carbonyl (C=O) groups excluding carboxylic acids is 1. The third kappa shape index (κ3) is 3.25. The molecule has 4 rings (SSSR count). The third-order valence-corrected chi connectivity index (χ3v) is 4.99. The van der Waals surface area contributed by atoms with Crippen LogP contribution in [0.1, 0.15) is 31.4 Å². The molecule has 7 nitrogen and oxygen atoms in total. The van der Waals surface area contributed by atoms with Gasteiger partial charge in [0.1, 0.15) is 23.3 Å². The summed E-state index contributed by atoms with van der Waals surface area (Å²) in [5.41, 5.74) is 2.19. The second kappa shape index (κ2) is 6.64. The molecule has 1 saturated heterocycles. The van der Waals surface area contributed by atoms with E-state index in [4.69, 9.17) is 4.98 Å². The number of rotatable bonds is 4. The van der Waals surface area contributed by atoms with Crippen LogP contribution in [0.25, 0.3) is 11.0 Å². The van der Waals surface area contributed by atoms with Gasteiger partial charge in [-0.05, 0) is 19.1 Å². The topological polar surface area (TPSA) is 75.9 Å². The van der Waals surface area contributed by atoms with Gasteiger partial charge < -0.3 is 14.8 Å². The van der Waals surface area contributed by atoms with Crippen molar-refractivity contribution in [3.63, 3.8) is 0 Å². The molecule has 0 radical (unpaired) electrons. The van der Waals surface area contributed by atoms with Crippen molar-refractivity contribution < 1.29 is 4.79 Å². The van der Waals surface area contributed by atoms with Crippen molar-refractivity contribution in [3.05, 3.63) is 42.0 Å². The fraction of sp³-hybridized carbons (Fsp3) is 0.400. The number of hydrogen-bond donors (Lipinski definition) is 1. The number of amides is 1. The van der Waals surface area contributed by atoms with Gasteiger partial charge in [0.2, 0.25) is 5.91 Å². The Kier molecular flexibility index (Phi) is 4.30. The van der Waals surface area contributed by atoms with E-state index in [0.29, 0.717) is 17.6 Å². The second-order valence-corrected chi connectivity index (χ2v) is 7.42. The van der Waals surface area contributed by atoms with Gasteiger partial charge in [-0.2, -0.15) is 0 Å². The van der Waals surface area contributed by atoms with Gasteiger partial charge in [0, 0.05) is 32.1 Å². The molecule has 0 spiro atoms. The molecule has 0 saturated carbocycles. The summed E-state index contributed by atoms with van der Waals surface area (Å²) in [6.45, 7) is 7.27. The number of aromatic nitrogens is 4. The number of nitrogens with one attached hydrogen (secondary N) is 1. The van der Waals surface area contributed by atoms with Crippen LogP contribution in [0.2, 0.25) is 0 Å². The van der Waals surface area contributed by atoms with E-state index in [1.165, 1.54) is 0 Å². The smallest absolute Gasteiger partial charge is 0.228 e. The molecular weight excluding hydrogens is 340 g/mol. The lowest BCUT2D eigenvalue weighted by atomic mass is 9.99. The Morgan fingerprint density at radius 2 is 1.93 bits per heavy atom. The minimum atomic E-state index is -0.0883. The molecule has 1 N–H and O–H groups in total. The summed E-state index contributed by atoms with van der Waals surface area (Å²) < 4.78 is 2.18. The number of anilines is 2. The number of para-hydroxylation sites is 2. The first-order valence-corrected chi connectivity index (χ1v) is 9.25. The van der Waals surface area contributed by atoms with Crippen LogP contribution in [-0.4, -0.2) is 38.5 Å². The van der Waals surface area contributed by atoms with E-state index >= 15 is 0 Å². The van der Waals surface area contributed by atoms with E-state index in [-0.39, 0.29) is 11.8 Å². The van der Waals surface area contributed by atoms with Gasteiger partial charge in [-0.3, -0.25) is 4.79 Å². The Labute approximate surface area is 158 Å². The molecule has 1 fully saturated rings. The third-order valence-electron chi connectivity index (χ3n) is 4.99. The summed E-state index contributed by atoms with van der Waals surface area (Å²) in [5, 5.41) is 2.86. The van der Waals surface area contributed by atoms with Crippen molar-refractivity contribution in [3.8, 4) is 0 Å². The SMILES string of the molecule is Cc1nc(NC(=O)C(C)C)cc(N2CC(c3nc4ccccc4n3C)C2)n1. The summed E-state index contributed by atoms with van der Waals surface area (Å²) in [6, 6.07) is 10.0. The standard InChI is InChI=1S/C20H24N6O/c1-12(2)20(27)24-17-9-18(22-13(3)21-17)26-10-14(11-26)19-23-15-7-5-6-8-16(15)25(19)4/h5-9,12,14H,10-11H2,1-4H3,(H,21,22,24,27). The molecular formula is C20H24N6O. The molecule has 3 aromatic rings. The lowest BCUT2D eigenvalue weighted by Gasteiger charge is -2.39. The van der Waals surface area contributed by atoms with Crippen molar-refractivity contribution in [2.45, 2.75) is 26.7 Å². The lowest BCUT2D eigenvalue weighted by molar-refractivity contribution is -0.118. The lowest BCUT2D eigenvalue weighted by Crippen LogP contribution is -2.46. The van der Waals surface area contributed by atoms with Crippen molar-refractivity contribution in [1.29, 1.82) is 0 Å². The molecule has 0 bridgehead atoms. The van der Waals surface area contributed by atoms with E-state index in [9.17, 15) is 4.79 Å². The summed E-state index contributed by atoms with van der Waals surface area (Å²) >= 11 is 0. The highest BCUT2D eigenvalue weighted by Crippen LogP contribution is 2.32. The van der Waals surface area contributed by atoms with E-state index in [2.05, 4.69) is 37.9 Å². The molecule has 3 heterocycles. The highest BCUT2D eigenvalue weighted by molar-refractivity contribution is 5.91. The van der Waals surface area contributed by atoms with Crippen LogP contribution in [0.3, 0.4) is 0 Å². The van der Waals surface area contributed by atoms with E-state index in [1.807, 2.05) is 45.0 Å². The minimum absolute atomic E-state index is 0.0414. The van der Waals surface area contributed by atoms with Crippen LogP contribution < -0.4 is 10.2 Å². The number of carbonyl (C=O) groups is 1. The van der Waals surface area contributed by atoms with Gasteiger partial charge in [-0.15, -0.1) is 0 Å². The monoisotopic (exact) mass is 364 g/mol. The molecule has 140 valence electrons. The van der Waals surface area contributed by atoms with Crippen LogP contribution in [0, 0.1) is 12.8 Å². The number of hydrogen-bond acceptors (Lipinski definition) is 5. The molecule has 1 aromatic carbocycles. The zero-order valence-corrected chi connectivity index (χ0v) is 16.1. The van der Waals surface area contributed by atoms with Gasteiger partial charge in [0.05, 0.1) is 17.0 Å². The maximum Gasteiger partial charge on any atom is 0.228 e. The highest BCUT2D eigenvalue weighted by atomic mass is 16.1. The molecule has 0 atom stereocenters. The Morgan fingerprint density at radius 3 is 2.63 bits per heavy atom. The molecule has 0 unspecified atom stereocenters. The Bertz CT molecular complexity index is 1000. The van der Waals surface area contributed by atoms with Gasteiger partial charge in [0.25, 0.3) is 0 Å². The first-order chi connectivity index (χ1) is 12.9. The van der Waals surface area contributed by atoms with Crippen LogP contribution >= 0.6 is 0 Å². The summed E-state index contributed by atoms with van der Waals surface area (Å²) in [6.07, 6.45) is 0. The molecule has 0 aliphatic carbocycles. The second-order valence-electron chi connectivity index (χ2n) is 7.42. The van der Waals surface area contributed by atoms with Crippen LogP contribution in [-0.2, 0) is 11.8 Å². The van der Waals surface area contributed by atoms with Gasteiger partial charge in [-0.1, -0.05) is 26.0 Å². The Hall–Kier alpha value is -2.96. The van der Waals surface area contributed by atoms with Gasteiger partial charge in [-0.25, -0.2) is 15.0 Å². The van der Waals surface area contributed by atoms with Crippen molar-refractivity contribution >= 4 is 28.6 Å². The average molecular weight is 364 g/mol. The molecule has 1 aliphatic rings. The number of fused-ring (bicyclic) bond motifs is 1. The number of benzene rings is 1. The molecule has 7 heteroatoms. The minimum Gasteiger partial charge on any atom is -0.355 e. The molecule has 2 aromatic heterocycles. The fourth-order valence-electron chi connectivity index (χ4n) is 3.41. The maximum absolute atomic E-state index is 12.0. The van der Waals surface area contributed by atoms with E-state index < -0.39 is 0 Å². The highest BCUT2D eigenvalue weighted by Gasteiger charge is 2.33. The Balaban J connectivity index is 1.51. The average Bonchev–Trinajstić information content (AvgIpc) is 2.90.